The molecule has 2 rings (SSSR count). The van der Waals surface area contributed by atoms with Gasteiger partial charge in [-0.1, -0.05) is 25.2 Å². The van der Waals surface area contributed by atoms with E-state index in [9.17, 15) is 4.79 Å². The number of benzene rings is 1. The Morgan fingerprint density at radius 3 is 2.94 bits per heavy atom. The number of rotatable bonds is 5. The zero-order valence-electron chi connectivity index (χ0n) is 10.2. The maximum absolute atomic E-state index is 11.8. The topological polar surface area (TPSA) is 64.3 Å². The third-order valence-corrected chi connectivity index (χ3v) is 3.05. The molecular formula is C13H16N2O2S. The van der Waals surface area contributed by atoms with E-state index in [4.69, 9.17) is 22.7 Å². The molecule has 5 heteroatoms. The first-order chi connectivity index (χ1) is 8.56. The Bertz CT molecular complexity index is 476. The van der Waals surface area contributed by atoms with Crippen LogP contribution in [0.2, 0.25) is 0 Å². The van der Waals surface area contributed by atoms with Gasteiger partial charge in [0.25, 0.3) is 0 Å². The fourth-order valence-electron chi connectivity index (χ4n) is 1.74. The second-order valence-corrected chi connectivity index (χ2v) is 5.12. The van der Waals surface area contributed by atoms with Crippen LogP contribution in [0.15, 0.2) is 24.3 Å². The van der Waals surface area contributed by atoms with Gasteiger partial charge in [0.05, 0.1) is 0 Å². The van der Waals surface area contributed by atoms with Crippen molar-refractivity contribution in [3.8, 4) is 5.75 Å². The smallest absolute Gasteiger partial charge is 0.227 e. The molecule has 96 valence electrons. The highest BCUT2D eigenvalue weighted by Gasteiger charge is 2.39. The normalized spacial score (nSPS) is 21.2. The van der Waals surface area contributed by atoms with Crippen LogP contribution in [0.4, 0.5) is 5.69 Å². The molecule has 0 spiro atoms. The molecule has 18 heavy (non-hydrogen) atoms. The van der Waals surface area contributed by atoms with E-state index in [0.717, 1.165) is 12.1 Å². The molecule has 1 saturated carbocycles. The van der Waals surface area contributed by atoms with E-state index in [1.165, 1.54) is 0 Å². The molecule has 0 heterocycles. The number of ether oxygens (including phenoxy) is 1. The number of hydrogen-bond donors (Lipinski definition) is 2. The molecule has 0 aliphatic heterocycles. The zero-order valence-corrected chi connectivity index (χ0v) is 11.0. The highest BCUT2D eigenvalue weighted by atomic mass is 32.1. The van der Waals surface area contributed by atoms with Crippen LogP contribution in [0.5, 0.6) is 5.75 Å². The van der Waals surface area contributed by atoms with Crippen LogP contribution >= 0.6 is 12.2 Å². The number of carbonyl (C=O) groups is 1. The van der Waals surface area contributed by atoms with Crippen molar-refractivity contribution in [3.05, 3.63) is 24.3 Å². The van der Waals surface area contributed by atoms with E-state index < -0.39 is 0 Å². The minimum atomic E-state index is 0.0778. The summed E-state index contributed by atoms with van der Waals surface area (Å²) in [6, 6.07) is 7.22. The number of carbonyl (C=O) groups excluding carboxylic acids is 1. The maximum Gasteiger partial charge on any atom is 0.227 e. The predicted octanol–water partition coefficient (Wildman–Crippen LogP) is 1.95. The lowest BCUT2D eigenvalue weighted by molar-refractivity contribution is -0.117. The summed E-state index contributed by atoms with van der Waals surface area (Å²) < 4.78 is 5.37. The summed E-state index contributed by atoms with van der Waals surface area (Å²) in [4.78, 5) is 12.1. The van der Waals surface area contributed by atoms with Crippen molar-refractivity contribution in [2.75, 3.05) is 11.9 Å². The van der Waals surface area contributed by atoms with Gasteiger partial charge in [0.2, 0.25) is 5.91 Å². The number of amides is 1. The highest BCUT2D eigenvalue weighted by Crippen LogP contribution is 2.38. The third kappa shape index (κ3) is 3.43. The number of hydrogen-bond acceptors (Lipinski definition) is 3. The quantitative estimate of drug-likeness (QED) is 0.798. The molecule has 1 fully saturated rings. The van der Waals surface area contributed by atoms with E-state index in [1.54, 1.807) is 12.1 Å². The number of anilines is 1. The van der Waals surface area contributed by atoms with Gasteiger partial charge >= 0.3 is 0 Å². The lowest BCUT2D eigenvalue weighted by Gasteiger charge is -2.08. The van der Waals surface area contributed by atoms with Crippen LogP contribution in [-0.2, 0) is 4.79 Å². The Morgan fingerprint density at radius 2 is 2.33 bits per heavy atom. The largest absolute Gasteiger partial charge is 0.486 e. The van der Waals surface area contributed by atoms with Gasteiger partial charge in [-0.05, 0) is 24.5 Å². The van der Waals surface area contributed by atoms with E-state index in [0.29, 0.717) is 16.7 Å². The Morgan fingerprint density at radius 1 is 1.61 bits per heavy atom. The van der Waals surface area contributed by atoms with Crippen LogP contribution in [0.25, 0.3) is 0 Å². The molecule has 1 aliphatic carbocycles. The molecule has 0 bridgehead atoms. The predicted molar refractivity (Wildman–Crippen MR) is 74.6 cm³/mol. The summed E-state index contributed by atoms with van der Waals surface area (Å²) in [5.41, 5.74) is 6.09. The summed E-state index contributed by atoms with van der Waals surface area (Å²) in [5.74, 6) is 1.38. The summed E-state index contributed by atoms with van der Waals surface area (Å²) in [6.45, 7) is 2.28. The van der Waals surface area contributed by atoms with Crippen LogP contribution in [0.1, 0.15) is 13.3 Å². The molecule has 1 amide bonds. The molecule has 3 N–H and O–H groups in total. The first kappa shape index (κ1) is 12.8. The fraction of sp³-hybridized carbons (Fsp3) is 0.385. The van der Waals surface area contributed by atoms with Gasteiger partial charge < -0.3 is 15.8 Å². The number of thiocarbonyl (C=S) groups is 1. The average molecular weight is 264 g/mol. The first-order valence-corrected chi connectivity index (χ1v) is 6.29. The number of nitrogens with one attached hydrogen (secondary N) is 1. The Labute approximate surface area is 112 Å². The molecule has 4 nitrogen and oxygen atoms in total. The minimum absolute atomic E-state index is 0.0778. The summed E-state index contributed by atoms with van der Waals surface area (Å²) in [6.07, 6.45) is 0.976. The van der Waals surface area contributed by atoms with Gasteiger partial charge in [0.1, 0.15) is 17.3 Å². The molecule has 1 aromatic rings. The lowest BCUT2D eigenvalue weighted by atomic mass is 10.2. The van der Waals surface area contributed by atoms with Gasteiger partial charge in [-0.3, -0.25) is 4.79 Å². The van der Waals surface area contributed by atoms with Crippen molar-refractivity contribution >= 4 is 28.8 Å². The van der Waals surface area contributed by atoms with Gasteiger partial charge in [0, 0.05) is 17.7 Å². The van der Waals surface area contributed by atoms with Crippen LogP contribution in [0.3, 0.4) is 0 Å². The maximum atomic E-state index is 11.8. The van der Waals surface area contributed by atoms with E-state index in [-0.39, 0.29) is 18.4 Å². The van der Waals surface area contributed by atoms with E-state index >= 15 is 0 Å². The summed E-state index contributed by atoms with van der Waals surface area (Å²) in [5, 5.41) is 2.88. The lowest BCUT2D eigenvalue weighted by Crippen LogP contribution is -2.18. The van der Waals surface area contributed by atoms with Crippen LogP contribution in [0, 0.1) is 11.8 Å². The van der Waals surface area contributed by atoms with Crippen molar-refractivity contribution in [3.63, 3.8) is 0 Å². The number of nitrogens with two attached hydrogens (primary N) is 1. The molecule has 0 radical (unpaired) electrons. The molecule has 0 saturated heterocycles. The van der Waals surface area contributed by atoms with Crippen molar-refractivity contribution in [1.29, 1.82) is 0 Å². The SMILES string of the molecule is CC1CC1C(=O)Nc1cccc(OCC(N)=S)c1. The Balaban J connectivity index is 1.94. The van der Waals surface area contributed by atoms with E-state index in [1.807, 2.05) is 12.1 Å². The van der Waals surface area contributed by atoms with Gasteiger partial charge in [-0.25, -0.2) is 0 Å². The van der Waals surface area contributed by atoms with Gasteiger partial charge in [0.15, 0.2) is 0 Å². The molecule has 2 unspecified atom stereocenters. The standard InChI is InChI=1S/C13H16N2O2S/c1-8-5-11(8)13(16)15-9-3-2-4-10(6-9)17-7-12(14)18/h2-4,6,8,11H,5,7H2,1H3,(H2,14,18)(H,15,16). The van der Waals surface area contributed by atoms with Crippen LogP contribution < -0.4 is 15.8 Å². The third-order valence-electron chi connectivity index (χ3n) is 2.93. The van der Waals surface area contributed by atoms with Crippen molar-refractivity contribution in [2.24, 2.45) is 17.6 Å². The van der Waals surface area contributed by atoms with Gasteiger partial charge in [-0.2, -0.15) is 0 Å². The van der Waals surface area contributed by atoms with Crippen LogP contribution in [-0.4, -0.2) is 17.5 Å². The monoisotopic (exact) mass is 264 g/mol. The van der Waals surface area contributed by atoms with Crippen molar-refractivity contribution in [2.45, 2.75) is 13.3 Å². The average Bonchev–Trinajstić information content (AvgIpc) is 3.04. The van der Waals surface area contributed by atoms with Crippen molar-refractivity contribution in [1.82, 2.24) is 0 Å². The second-order valence-electron chi connectivity index (χ2n) is 4.59. The second kappa shape index (κ2) is 5.35. The summed E-state index contributed by atoms with van der Waals surface area (Å²) in [7, 11) is 0. The molecule has 1 aromatic carbocycles. The zero-order chi connectivity index (χ0) is 13.1. The van der Waals surface area contributed by atoms with E-state index in [2.05, 4.69) is 12.2 Å². The highest BCUT2D eigenvalue weighted by molar-refractivity contribution is 7.80. The summed E-state index contributed by atoms with van der Waals surface area (Å²) >= 11 is 4.74. The van der Waals surface area contributed by atoms with Crippen molar-refractivity contribution < 1.29 is 9.53 Å². The Kier molecular flexibility index (Phi) is 3.81. The molecule has 2 atom stereocenters. The molecular weight excluding hydrogens is 248 g/mol. The molecule has 1 aliphatic rings. The first-order valence-electron chi connectivity index (χ1n) is 5.88. The minimum Gasteiger partial charge on any atom is -0.486 e. The van der Waals surface area contributed by atoms with Gasteiger partial charge in [-0.15, -0.1) is 0 Å². The fourth-order valence-corrected chi connectivity index (χ4v) is 1.80. The molecule has 0 aromatic heterocycles. The Hall–Kier alpha value is -1.62.